The first-order valence-electron chi connectivity index (χ1n) is 19.1. The first kappa shape index (κ1) is 28.9. The van der Waals surface area contributed by atoms with Gasteiger partial charge < -0.3 is 25.0 Å². The number of hydrogen-bond donors (Lipinski definition) is 1. The second-order valence-electron chi connectivity index (χ2n) is 12.6. The van der Waals surface area contributed by atoms with E-state index in [1.807, 2.05) is 36.4 Å². The van der Waals surface area contributed by atoms with Crippen LogP contribution in [0.2, 0.25) is 0 Å². The number of allylic oxidation sites excluding steroid dienone is 1. The Bertz CT molecular complexity index is 2000. The van der Waals surface area contributed by atoms with Gasteiger partial charge in [-0.05, 0) is 96.3 Å². The Hall–Kier alpha value is -4.02. The van der Waals surface area contributed by atoms with Crippen LogP contribution in [0.25, 0.3) is 32.9 Å². The molecule has 0 aliphatic carbocycles. The van der Waals surface area contributed by atoms with Crippen LogP contribution in [0.15, 0.2) is 91.7 Å². The van der Waals surface area contributed by atoms with E-state index in [1.165, 1.54) is 58.1 Å². The van der Waals surface area contributed by atoms with Gasteiger partial charge in [0.05, 0.1) is 0 Å². The molecular weight excluding hydrogens is 772 g/mol. The average molecular weight is 826 g/mol. The van der Waals surface area contributed by atoms with Crippen LogP contribution in [0.4, 0.5) is 11.4 Å². The smallest absolute Gasteiger partial charge is 0.656 e. The van der Waals surface area contributed by atoms with Crippen LogP contribution < -0.4 is 15.2 Å². The molecule has 0 atom stereocenters. The molecule has 2 aromatic heterocycles. The van der Waals surface area contributed by atoms with Gasteiger partial charge in [-0.3, -0.25) is 4.98 Å². The minimum atomic E-state index is -2.37. The van der Waals surface area contributed by atoms with Gasteiger partial charge in [0.1, 0.15) is 0 Å². The Morgan fingerprint density at radius 1 is 0.958 bits per heavy atom. The molecule has 48 heavy (non-hydrogen) atoms. The van der Waals surface area contributed by atoms with Crippen molar-refractivity contribution >= 4 is 33.2 Å². The van der Waals surface area contributed by atoms with Crippen molar-refractivity contribution in [2.24, 2.45) is 0 Å². The van der Waals surface area contributed by atoms with Crippen molar-refractivity contribution in [1.29, 1.82) is 0 Å². The second kappa shape index (κ2) is 16.4. The average Bonchev–Trinajstić information content (AvgIpc) is 3.75. The fourth-order valence-corrected chi connectivity index (χ4v) is 5.68. The maximum atomic E-state index is 7.84. The molecule has 0 bridgehead atoms. The van der Waals surface area contributed by atoms with E-state index in [1.54, 1.807) is 36.5 Å². The monoisotopic (exact) mass is 825 g/mol. The molecule has 3 heterocycles. The molecule has 252 valence electrons. The zero-order valence-electron chi connectivity index (χ0n) is 34.6. The van der Waals surface area contributed by atoms with Gasteiger partial charge in [-0.2, -0.15) is 13.3 Å². The number of nitrogens with zero attached hydrogens (tertiary/aromatic N) is 5. The number of anilines is 2. The standard InChI is InChI=1S/C30H41N4.C11H7N2.Pt/c1-10-11-32(8)19-31-26-14-25(15-27(18-26)34-13-12-33(9)20-34)30-28(22(4)5)16-24(21(2)3)17-29(30)23(6)7;1-2-4-10-8(3-1)9-5-6-12-7-11(9)13-10;/h10-17,19-23,31H,1-9H3;1-7H;/q-3;-1;+4/b11-10-;;/i8D3,9D3;;. The summed E-state index contributed by atoms with van der Waals surface area (Å²) in [4.78, 5) is 12.5. The van der Waals surface area contributed by atoms with Crippen molar-refractivity contribution in [2.75, 3.05) is 24.2 Å². The number of para-hydroxylation sites is 1. The van der Waals surface area contributed by atoms with Gasteiger partial charge in [0.15, 0.2) is 0 Å². The molecule has 3 aromatic carbocycles. The summed E-state index contributed by atoms with van der Waals surface area (Å²) >= 11 is 0. The fourth-order valence-electron chi connectivity index (χ4n) is 5.68. The van der Waals surface area contributed by atoms with E-state index in [0.717, 1.165) is 27.1 Å². The number of pyridine rings is 1. The molecule has 0 spiro atoms. The van der Waals surface area contributed by atoms with Crippen LogP contribution in [0.1, 0.15) is 91.1 Å². The summed E-state index contributed by atoms with van der Waals surface area (Å²) in [5.74, 6) is 0.891. The summed E-state index contributed by atoms with van der Waals surface area (Å²) in [6.45, 7) is 13.1. The predicted octanol–water partition coefficient (Wildman–Crippen LogP) is 10.2. The molecule has 6 nitrogen and oxygen atoms in total. The Morgan fingerprint density at radius 2 is 1.69 bits per heavy atom. The van der Waals surface area contributed by atoms with Crippen molar-refractivity contribution in [2.45, 2.75) is 66.2 Å². The largest absolute Gasteiger partial charge is 4.00 e. The number of nitrogens with one attached hydrogen (secondary N) is 1. The van der Waals surface area contributed by atoms with Gasteiger partial charge in [-0.1, -0.05) is 84.0 Å². The minimum absolute atomic E-state index is 0. The predicted molar refractivity (Wildman–Crippen MR) is 200 cm³/mol. The molecular formula is C41H48N6Pt. The summed E-state index contributed by atoms with van der Waals surface area (Å²) in [5.41, 5.74) is 9.01. The fraction of sp³-hybridized carbons (Fsp3) is 0.293. The Balaban J connectivity index is 0.000000384. The molecule has 0 radical (unpaired) electrons. The molecule has 1 aliphatic heterocycles. The molecule has 5 aromatic rings. The molecule has 0 unspecified atom stereocenters. The van der Waals surface area contributed by atoms with Crippen molar-refractivity contribution in [1.82, 2.24) is 19.8 Å². The van der Waals surface area contributed by atoms with Crippen molar-refractivity contribution in [3.8, 4) is 11.1 Å². The molecule has 0 fully saturated rings. The topological polar surface area (TPSA) is 48.7 Å². The summed E-state index contributed by atoms with van der Waals surface area (Å²) in [5, 5.41) is 5.52. The number of fused-ring (bicyclic) bond motifs is 3. The minimum Gasteiger partial charge on any atom is -0.656 e. The molecule has 7 heteroatoms. The summed E-state index contributed by atoms with van der Waals surface area (Å²) in [6.07, 6.45) is 9.92. The number of hydrogen-bond acceptors (Lipinski definition) is 5. The van der Waals surface area contributed by atoms with E-state index in [9.17, 15) is 0 Å². The van der Waals surface area contributed by atoms with E-state index in [-0.39, 0.29) is 32.9 Å². The van der Waals surface area contributed by atoms with E-state index < -0.39 is 14.0 Å². The van der Waals surface area contributed by atoms with Gasteiger partial charge in [-0.15, -0.1) is 46.2 Å². The Kier molecular flexibility index (Phi) is 9.88. The molecule has 0 saturated carbocycles. The molecule has 0 amide bonds. The number of aromatic nitrogens is 2. The maximum Gasteiger partial charge on any atom is 4.00 e. The van der Waals surface area contributed by atoms with Crippen molar-refractivity contribution in [3.05, 3.63) is 128 Å². The van der Waals surface area contributed by atoms with Gasteiger partial charge in [0, 0.05) is 20.6 Å². The Morgan fingerprint density at radius 3 is 2.33 bits per heavy atom. The maximum absolute atomic E-state index is 7.84. The van der Waals surface area contributed by atoms with Gasteiger partial charge in [-0.25, -0.2) is 0 Å². The van der Waals surface area contributed by atoms with E-state index in [0.29, 0.717) is 17.3 Å². The molecule has 1 N–H and O–H groups in total. The third-order valence-corrected chi connectivity index (χ3v) is 8.09. The number of rotatable bonds is 9. The summed E-state index contributed by atoms with van der Waals surface area (Å²) in [6, 6.07) is 22.0. The normalized spacial score (nSPS) is 15.2. The van der Waals surface area contributed by atoms with Crippen molar-refractivity contribution < 1.29 is 29.3 Å². The van der Waals surface area contributed by atoms with Crippen LogP contribution >= 0.6 is 0 Å². The Labute approximate surface area is 310 Å². The van der Waals surface area contributed by atoms with E-state index in [2.05, 4.69) is 81.1 Å². The second-order valence-corrected chi connectivity index (χ2v) is 12.6. The molecule has 6 rings (SSSR count). The summed E-state index contributed by atoms with van der Waals surface area (Å²) < 4.78 is 46.9. The zero-order valence-corrected chi connectivity index (χ0v) is 30.9. The van der Waals surface area contributed by atoms with E-state index >= 15 is 0 Å². The van der Waals surface area contributed by atoms with Crippen LogP contribution in [-0.4, -0.2) is 28.7 Å². The van der Waals surface area contributed by atoms with Crippen LogP contribution in [0, 0.1) is 19.4 Å². The van der Waals surface area contributed by atoms with Gasteiger partial charge in [0.25, 0.3) is 0 Å². The summed E-state index contributed by atoms with van der Waals surface area (Å²) in [7, 11) is 0. The van der Waals surface area contributed by atoms with Gasteiger partial charge in [0.2, 0.25) is 0 Å². The third kappa shape index (κ3) is 8.52. The molecule has 1 aliphatic rings. The zero-order chi connectivity index (χ0) is 38.7. The van der Waals surface area contributed by atoms with Crippen LogP contribution in [-0.2, 0) is 21.1 Å². The molecule has 0 saturated heterocycles. The first-order chi connectivity index (χ1) is 25.0. The first-order valence-corrected chi connectivity index (χ1v) is 16.1. The quantitative estimate of drug-likeness (QED) is 0.150. The van der Waals surface area contributed by atoms with Gasteiger partial charge >= 0.3 is 21.1 Å². The number of benzene rings is 3. The third-order valence-electron chi connectivity index (χ3n) is 8.09. The van der Waals surface area contributed by atoms with Crippen LogP contribution in [0.3, 0.4) is 0 Å². The van der Waals surface area contributed by atoms with Crippen LogP contribution in [0.5, 0.6) is 0 Å². The SMILES string of the molecule is [2H]C([2H])([2H])N1C=CN(c2[c-]c(N[CH-]N(/C=C\C)C([2H])([2H])[2H])cc(-c3c(C(C)C)cc(C(C)C)cc3C(C)C)c2)[CH-]1.[Pt+4].c1ccc2c(c1)[n-]c1cnccc12. The van der Waals surface area contributed by atoms with E-state index in [4.69, 9.17) is 8.22 Å². The van der Waals surface area contributed by atoms with Crippen molar-refractivity contribution in [3.63, 3.8) is 0 Å².